The number of halogens is 3. The topological polar surface area (TPSA) is 85.8 Å². The molecule has 3 unspecified atom stereocenters. The molecule has 0 aromatic carbocycles. The highest BCUT2D eigenvalue weighted by molar-refractivity contribution is 5.82. The van der Waals surface area contributed by atoms with Gasteiger partial charge in [-0.25, -0.2) is 0 Å². The third kappa shape index (κ3) is 2.56. The molecule has 0 radical (unpaired) electrons. The van der Waals surface area contributed by atoms with Gasteiger partial charge in [-0.05, 0) is 50.5 Å². The molecule has 2 aromatic rings. The number of fused-ring (bicyclic) bond motifs is 1. The van der Waals surface area contributed by atoms with Crippen LogP contribution in [-0.2, 0) is 22.9 Å². The molecule has 28 heavy (non-hydrogen) atoms. The van der Waals surface area contributed by atoms with E-state index in [4.69, 9.17) is 0 Å². The van der Waals surface area contributed by atoms with Crippen molar-refractivity contribution in [1.29, 1.82) is 0 Å². The summed E-state index contributed by atoms with van der Waals surface area (Å²) in [5.41, 5.74) is 0.913. The van der Waals surface area contributed by atoms with Crippen molar-refractivity contribution in [3.8, 4) is 0 Å². The summed E-state index contributed by atoms with van der Waals surface area (Å²) in [6.07, 6.45) is 3.45. The fraction of sp³-hybridized carbons (Fsp3) is 0.667. The van der Waals surface area contributed by atoms with E-state index in [2.05, 4.69) is 29.8 Å². The first-order valence-corrected chi connectivity index (χ1v) is 9.60. The second-order valence-electron chi connectivity index (χ2n) is 8.11. The molecular weight excluding hydrogens is 375 g/mol. The third-order valence-electron chi connectivity index (χ3n) is 6.67. The molecule has 1 amide bonds. The van der Waals surface area contributed by atoms with Gasteiger partial charge in [0.15, 0.2) is 0 Å². The number of carbonyl (C=O) groups excluding carboxylic acids is 1. The Morgan fingerprint density at radius 1 is 1.36 bits per heavy atom. The van der Waals surface area contributed by atoms with Gasteiger partial charge in [0.2, 0.25) is 11.8 Å². The van der Waals surface area contributed by atoms with Crippen LogP contribution in [0.2, 0.25) is 0 Å². The van der Waals surface area contributed by atoms with E-state index in [9.17, 15) is 18.0 Å². The van der Waals surface area contributed by atoms with E-state index in [1.165, 1.54) is 6.42 Å². The van der Waals surface area contributed by atoms with E-state index >= 15 is 0 Å². The van der Waals surface area contributed by atoms with E-state index in [0.717, 1.165) is 37.8 Å². The summed E-state index contributed by atoms with van der Waals surface area (Å²) in [6, 6.07) is 2.44. The van der Waals surface area contributed by atoms with Crippen molar-refractivity contribution < 1.29 is 22.5 Å². The first-order chi connectivity index (χ1) is 13.4. The molecule has 150 valence electrons. The van der Waals surface area contributed by atoms with Crippen LogP contribution in [-0.4, -0.2) is 25.8 Å². The molecule has 0 spiro atoms. The van der Waals surface area contributed by atoms with Crippen LogP contribution in [0.25, 0.3) is 0 Å². The maximum atomic E-state index is 12.9. The molecule has 2 aromatic heterocycles. The average Bonchev–Trinajstić information content (AvgIpc) is 3.32. The van der Waals surface area contributed by atoms with Crippen molar-refractivity contribution in [2.45, 2.75) is 62.7 Å². The largest absolute Gasteiger partial charge is 0.455 e. The van der Waals surface area contributed by atoms with Crippen molar-refractivity contribution in [3.63, 3.8) is 0 Å². The number of amides is 1. The zero-order valence-electron chi connectivity index (χ0n) is 15.1. The van der Waals surface area contributed by atoms with Gasteiger partial charge in [0.05, 0.1) is 18.5 Å². The van der Waals surface area contributed by atoms with Gasteiger partial charge in [-0.15, -0.1) is 0 Å². The monoisotopic (exact) mass is 395 g/mol. The van der Waals surface area contributed by atoms with E-state index in [0.29, 0.717) is 12.0 Å². The Hall–Kier alpha value is -2.39. The number of hydrogen-bond acceptors (Lipinski definition) is 5. The van der Waals surface area contributed by atoms with Crippen LogP contribution in [0.3, 0.4) is 0 Å². The van der Waals surface area contributed by atoms with Crippen molar-refractivity contribution in [2.24, 2.45) is 11.8 Å². The summed E-state index contributed by atoms with van der Waals surface area (Å²) in [5.74, 6) is -1.63. The van der Waals surface area contributed by atoms with Crippen molar-refractivity contribution >= 4 is 5.91 Å². The van der Waals surface area contributed by atoms with Gasteiger partial charge in [-0.3, -0.25) is 9.48 Å². The Morgan fingerprint density at radius 2 is 2.18 bits per heavy atom. The Balaban J connectivity index is 1.30. The molecule has 4 aliphatic carbocycles. The maximum absolute atomic E-state index is 12.9. The Morgan fingerprint density at radius 3 is 2.82 bits per heavy atom. The summed E-state index contributed by atoms with van der Waals surface area (Å²) in [6.45, 7) is -0.205. The fourth-order valence-electron chi connectivity index (χ4n) is 5.17. The number of aromatic nitrogens is 4. The summed E-state index contributed by atoms with van der Waals surface area (Å²) < 4.78 is 44.4. The van der Waals surface area contributed by atoms with E-state index < -0.39 is 12.0 Å². The predicted molar refractivity (Wildman–Crippen MR) is 88.8 cm³/mol. The molecular formula is C18H20F3N5O2. The van der Waals surface area contributed by atoms with Crippen molar-refractivity contribution in [3.05, 3.63) is 29.7 Å². The van der Waals surface area contributed by atoms with Crippen LogP contribution >= 0.6 is 0 Å². The quantitative estimate of drug-likeness (QED) is 0.841. The lowest BCUT2D eigenvalue weighted by Gasteiger charge is -2.47. The van der Waals surface area contributed by atoms with Crippen LogP contribution in [0.15, 0.2) is 16.8 Å². The lowest BCUT2D eigenvalue weighted by atomic mass is 9.58. The third-order valence-corrected chi connectivity index (χ3v) is 6.67. The zero-order valence-corrected chi connectivity index (χ0v) is 15.1. The van der Waals surface area contributed by atoms with Crippen LogP contribution in [0.4, 0.5) is 13.2 Å². The smallest absolute Gasteiger partial charge is 0.347 e. The number of carbonyl (C=O) groups is 1. The van der Waals surface area contributed by atoms with Crippen molar-refractivity contribution in [2.75, 3.05) is 0 Å². The van der Waals surface area contributed by atoms with Gasteiger partial charge in [0.25, 0.3) is 5.82 Å². The highest BCUT2D eigenvalue weighted by Gasteiger charge is 2.64. The van der Waals surface area contributed by atoms with Gasteiger partial charge in [0.1, 0.15) is 0 Å². The number of hydrogen-bond donors (Lipinski definition) is 1. The lowest BCUT2D eigenvalue weighted by Crippen LogP contribution is -2.53. The summed E-state index contributed by atoms with van der Waals surface area (Å²) in [7, 11) is 0. The summed E-state index contributed by atoms with van der Waals surface area (Å²) in [5, 5.41) is 10.1. The number of nitrogens with zero attached hydrogens (tertiary/aromatic N) is 4. The number of nitrogens with one attached hydrogen (secondary N) is 1. The van der Waals surface area contributed by atoms with Gasteiger partial charge in [-0.1, -0.05) is 5.16 Å². The first kappa shape index (κ1) is 17.7. The van der Waals surface area contributed by atoms with Crippen LogP contribution < -0.4 is 5.32 Å². The molecule has 4 fully saturated rings. The molecule has 6 rings (SSSR count). The molecule has 2 bridgehead atoms. The molecule has 2 heterocycles. The lowest BCUT2D eigenvalue weighted by molar-refractivity contribution is -0.146. The molecule has 4 saturated carbocycles. The highest BCUT2D eigenvalue weighted by Crippen LogP contribution is 2.64. The minimum Gasteiger partial charge on any atom is -0.347 e. The van der Waals surface area contributed by atoms with Gasteiger partial charge in [-0.2, -0.15) is 23.3 Å². The Kier molecular flexibility index (Phi) is 3.82. The Bertz CT molecular complexity index is 899. The molecule has 0 aliphatic heterocycles. The fourth-order valence-corrected chi connectivity index (χ4v) is 5.17. The molecule has 4 aliphatic rings. The second kappa shape index (κ2) is 6.05. The maximum Gasteiger partial charge on any atom is 0.455 e. The SMILES string of the molecule is O=C(NCc1nc(C(F)(F)F)no1)C1C2CCC1(c1ccnn1C1CCC1)C2. The minimum absolute atomic E-state index is 0.165. The molecule has 10 heteroatoms. The number of rotatable bonds is 5. The Labute approximate surface area is 158 Å². The van der Waals surface area contributed by atoms with E-state index in [1.807, 2.05) is 6.07 Å². The van der Waals surface area contributed by atoms with E-state index in [-0.39, 0.29) is 29.7 Å². The van der Waals surface area contributed by atoms with E-state index in [1.54, 1.807) is 6.20 Å². The normalized spacial score (nSPS) is 29.4. The molecule has 1 N–H and O–H groups in total. The minimum atomic E-state index is -4.66. The highest BCUT2D eigenvalue weighted by atomic mass is 19.4. The predicted octanol–water partition coefficient (Wildman–Crippen LogP) is 2.99. The number of alkyl halides is 3. The summed E-state index contributed by atoms with van der Waals surface area (Å²) >= 11 is 0. The summed E-state index contributed by atoms with van der Waals surface area (Å²) in [4.78, 5) is 16.2. The first-order valence-electron chi connectivity index (χ1n) is 9.60. The standard InChI is InChI=1S/C18H20F3N5O2/c19-18(20,21)16-24-13(28-25-16)9-22-15(27)14-10-4-6-17(14,8-10)12-5-7-23-26(12)11-2-1-3-11/h5,7,10-11,14H,1-4,6,8-9H2,(H,22,27). The van der Waals surface area contributed by atoms with Gasteiger partial charge < -0.3 is 9.84 Å². The molecule has 3 atom stereocenters. The van der Waals surface area contributed by atoms with Gasteiger partial charge in [0, 0.05) is 17.3 Å². The second-order valence-corrected chi connectivity index (χ2v) is 8.11. The zero-order chi connectivity index (χ0) is 19.5. The average molecular weight is 395 g/mol. The van der Waals surface area contributed by atoms with Gasteiger partial charge >= 0.3 is 6.18 Å². The van der Waals surface area contributed by atoms with Crippen LogP contribution in [0, 0.1) is 11.8 Å². The van der Waals surface area contributed by atoms with Crippen LogP contribution in [0.1, 0.15) is 62.0 Å². The molecule has 0 saturated heterocycles. The van der Waals surface area contributed by atoms with Crippen LogP contribution in [0.5, 0.6) is 0 Å². The van der Waals surface area contributed by atoms with Crippen molar-refractivity contribution in [1.82, 2.24) is 25.2 Å². The molecule has 7 nitrogen and oxygen atoms in total.